The molecule has 6 atom stereocenters. The Hall–Kier alpha value is -1.95. The minimum Gasteiger partial charge on any atom is -0.324 e. The third kappa shape index (κ3) is 2.38. The summed E-state index contributed by atoms with van der Waals surface area (Å²) in [6.45, 7) is 3.71. The van der Waals surface area contributed by atoms with Gasteiger partial charge < -0.3 is 5.32 Å². The number of hydrogen-bond acceptors (Lipinski definition) is 3. The lowest BCUT2D eigenvalue weighted by molar-refractivity contribution is -0.142. The van der Waals surface area contributed by atoms with E-state index in [4.69, 9.17) is 0 Å². The molecule has 1 N–H and O–H groups in total. The Morgan fingerprint density at radius 1 is 1.07 bits per heavy atom. The fraction of sp³-hybridized carbons (Fsp3) is 0.476. The Balaban J connectivity index is 1.33. The van der Waals surface area contributed by atoms with Crippen LogP contribution in [0.5, 0.6) is 0 Å². The quantitative estimate of drug-likeness (QED) is 0.594. The van der Waals surface area contributed by atoms with E-state index in [1.807, 2.05) is 26.0 Å². The molecule has 5 aliphatic rings. The number of amides is 3. The number of hydrogen-bond donors (Lipinski definition) is 1. The largest absolute Gasteiger partial charge is 0.324 e. The third-order valence-electron chi connectivity index (χ3n) is 7.05. The Kier molecular flexibility index (Phi) is 3.67. The van der Waals surface area contributed by atoms with Crippen LogP contribution in [-0.2, 0) is 14.4 Å². The molecule has 2 saturated carbocycles. The molecular formula is C21H21BrN2O3. The summed E-state index contributed by atoms with van der Waals surface area (Å²) < 4.78 is 0.980. The van der Waals surface area contributed by atoms with Crippen molar-refractivity contribution in [3.05, 3.63) is 39.9 Å². The molecule has 6 rings (SSSR count). The van der Waals surface area contributed by atoms with Crippen molar-refractivity contribution in [2.75, 3.05) is 11.9 Å². The van der Waals surface area contributed by atoms with Crippen molar-refractivity contribution in [1.29, 1.82) is 0 Å². The first-order valence-corrected chi connectivity index (χ1v) is 10.3. The molecule has 1 aromatic carbocycles. The molecule has 1 aromatic rings. The molecule has 1 saturated heterocycles. The lowest BCUT2D eigenvalue weighted by atomic mass is 9.63. The number of carbonyl (C=O) groups is 3. The Morgan fingerprint density at radius 3 is 2.26 bits per heavy atom. The highest BCUT2D eigenvalue weighted by molar-refractivity contribution is 9.10. The minimum absolute atomic E-state index is 0.159. The topological polar surface area (TPSA) is 66.5 Å². The summed E-state index contributed by atoms with van der Waals surface area (Å²) in [5, 5.41) is 2.86. The number of rotatable bonds is 3. The fourth-order valence-electron chi connectivity index (χ4n) is 5.43. The van der Waals surface area contributed by atoms with Crippen LogP contribution in [-0.4, -0.2) is 29.2 Å². The highest BCUT2D eigenvalue weighted by atomic mass is 79.9. The van der Waals surface area contributed by atoms with Crippen molar-refractivity contribution in [3.63, 3.8) is 0 Å². The van der Waals surface area contributed by atoms with Gasteiger partial charge in [0.25, 0.3) is 0 Å². The van der Waals surface area contributed by atoms with Gasteiger partial charge in [-0.25, -0.2) is 0 Å². The summed E-state index contributed by atoms with van der Waals surface area (Å²) in [5.74, 6) is 0.367. The van der Waals surface area contributed by atoms with E-state index >= 15 is 0 Å². The zero-order chi connectivity index (χ0) is 19.0. The van der Waals surface area contributed by atoms with Crippen LogP contribution in [0.15, 0.2) is 28.8 Å². The number of imide groups is 1. The van der Waals surface area contributed by atoms with Crippen molar-refractivity contribution in [2.24, 2.45) is 35.5 Å². The molecule has 1 heterocycles. The average molecular weight is 429 g/mol. The van der Waals surface area contributed by atoms with Gasteiger partial charge in [-0.2, -0.15) is 0 Å². The van der Waals surface area contributed by atoms with Gasteiger partial charge in [0.2, 0.25) is 17.7 Å². The predicted molar refractivity (Wildman–Crippen MR) is 104 cm³/mol. The maximum atomic E-state index is 12.9. The number of carbonyl (C=O) groups excluding carboxylic acids is 3. The average Bonchev–Trinajstić information content (AvgIpc) is 3.43. The van der Waals surface area contributed by atoms with Gasteiger partial charge in [-0.05, 0) is 67.2 Å². The van der Waals surface area contributed by atoms with Crippen LogP contribution in [0.4, 0.5) is 5.69 Å². The van der Waals surface area contributed by atoms with Crippen molar-refractivity contribution in [2.45, 2.75) is 20.3 Å². The van der Waals surface area contributed by atoms with E-state index in [0.717, 1.165) is 22.0 Å². The van der Waals surface area contributed by atoms with Gasteiger partial charge in [0.15, 0.2) is 0 Å². The molecule has 27 heavy (non-hydrogen) atoms. The third-order valence-corrected chi connectivity index (χ3v) is 7.91. The summed E-state index contributed by atoms with van der Waals surface area (Å²) in [7, 11) is 0. The molecule has 3 fully saturated rings. The standard InChI is InChI=1S/C21H21BrN2O3/c1-9-10(2)16(6-5-15(9)22)23-17(25)8-24-20(26)18-11-3-4-12(14-7-13(11)14)19(18)21(24)27/h3-6,11-14,18-19H,7-8H2,1-2H3,(H,23,25)/t11-,12+,13-,14-,18+,19-/m1/s1. The molecule has 4 aliphatic carbocycles. The van der Waals surface area contributed by atoms with Gasteiger partial charge in [-0.15, -0.1) is 0 Å². The zero-order valence-electron chi connectivity index (χ0n) is 15.2. The number of likely N-dealkylation sites (tertiary alicyclic amines) is 1. The summed E-state index contributed by atoms with van der Waals surface area (Å²) in [6, 6.07) is 3.71. The smallest absolute Gasteiger partial charge is 0.244 e. The van der Waals surface area contributed by atoms with E-state index < -0.39 is 0 Å². The molecule has 5 nitrogen and oxygen atoms in total. The van der Waals surface area contributed by atoms with Gasteiger partial charge in [0, 0.05) is 10.2 Å². The lowest BCUT2D eigenvalue weighted by Gasteiger charge is -2.37. The van der Waals surface area contributed by atoms with Crippen molar-refractivity contribution in [1.82, 2.24) is 4.90 Å². The van der Waals surface area contributed by atoms with Gasteiger partial charge in [0.1, 0.15) is 6.54 Å². The summed E-state index contributed by atoms with van der Waals surface area (Å²) in [4.78, 5) is 39.7. The zero-order valence-corrected chi connectivity index (χ0v) is 16.8. The van der Waals surface area contributed by atoms with Gasteiger partial charge in [-0.1, -0.05) is 28.1 Å². The summed E-state index contributed by atoms with van der Waals surface area (Å²) in [5.41, 5.74) is 2.72. The first kappa shape index (κ1) is 17.2. The van der Waals surface area contributed by atoms with Crippen molar-refractivity contribution in [3.8, 4) is 0 Å². The fourth-order valence-corrected chi connectivity index (χ4v) is 5.86. The van der Waals surface area contributed by atoms with Gasteiger partial charge >= 0.3 is 0 Å². The first-order chi connectivity index (χ1) is 12.9. The molecule has 3 amide bonds. The molecule has 0 unspecified atom stereocenters. The predicted octanol–water partition coefficient (Wildman–Crippen LogP) is 3.06. The number of benzene rings is 1. The second kappa shape index (κ2) is 5.77. The van der Waals surface area contributed by atoms with Crippen LogP contribution in [0.3, 0.4) is 0 Å². The normalized spacial score (nSPS) is 35.3. The monoisotopic (exact) mass is 428 g/mol. The lowest BCUT2D eigenvalue weighted by Crippen LogP contribution is -2.40. The van der Waals surface area contributed by atoms with Gasteiger partial charge in [-0.3, -0.25) is 19.3 Å². The van der Waals surface area contributed by atoms with Crippen LogP contribution < -0.4 is 5.32 Å². The Labute approximate surface area is 166 Å². The molecule has 2 bridgehead atoms. The second-order valence-corrected chi connectivity index (χ2v) is 9.16. The molecule has 0 radical (unpaired) electrons. The second-order valence-electron chi connectivity index (χ2n) is 8.31. The molecule has 0 spiro atoms. The summed E-state index contributed by atoms with van der Waals surface area (Å²) in [6.07, 6.45) is 5.42. The highest BCUT2D eigenvalue weighted by Gasteiger charge is 2.67. The van der Waals surface area contributed by atoms with E-state index in [1.165, 1.54) is 4.90 Å². The molecule has 1 aliphatic heterocycles. The number of nitrogens with zero attached hydrogens (tertiary/aromatic N) is 1. The van der Waals surface area contributed by atoms with Crippen LogP contribution in [0, 0.1) is 49.4 Å². The number of allylic oxidation sites excluding steroid dienone is 2. The number of nitrogens with one attached hydrogen (secondary N) is 1. The van der Waals surface area contributed by atoms with Crippen molar-refractivity contribution >= 4 is 39.3 Å². The summed E-state index contributed by atoms with van der Waals surface area (Å²) >= 11 is 3.48. The molecular weight excluding hydrogens is 408 g/mol. The van der Waals surface area contributed by atoms with Crippen LogP contribution in [0.2, 0.25) is 0 Å². The molecule has 0 aromatic heterocycles. The van der Waals surface area contributed by atoms with Crippen molar-refractivity contribution < 1.29 is 14.4 Å². The molecule has 6 heteroatoms. The Bertz CT molecular complexity index is 888. The maximum Gasteiger partial charge on any atom is 0.244 e. The first-order valence-electron chi connectivity index (χ1n) is 9.47. The minimum atomic E-state index is -0.328. The van der Waals surface area contributed by atoms with E-state index in [9.17, 15) is 14.4 Å². The Morgan fingerprint density at radius 2 is 1.67 bits per heavy atom. The SMILES string of the molecule is Cc1c(Br)ccc(NC(=O)CN2C(=O)[C@@H]3[C@H]4C=C[C@H]([C@H]5C[C@H]45)[C@@H]3C2=O)c1C. The van der Waals surface area contributed by atoms with Crippen LogP contribution in [0.25, 0.3) is 0 Å². The van der Waals surface area contributed by atoms with E-state index in [-0.39, 0.29) is 47.9 Å². The molecule has 140 valence electrons. The van der Waals surface area contributed by atoms with E-state index in [1.54, 1.807) is 0 Å². The van der Waals surface area contributed by atoms with E-state index in [0.29, 0.717) is 17.5 Å². The maximum absolute atomic E-state index is 12.9. The van der Waals surface area contributed by atoms with Crippen LogP contribution >= 0.6 is 15.9 Å². The number of halogens is 1. The number of anilines is 1. The van der Waals surface area contributed by atoms with Gasteiger partial charge in [0.05, 0.1) is 11.8 Å². The van der Waals surface area contributed by atoms with Crippen LogP contribution in [0.1, 0.15) is 17.5 Å². The highest BCUT2D eigenvalue weighted by Crippen LogP contribution is 2.65. The van der Waals surface area contributed by atoms with E-state index in [2.05, 4.69) is 33.4 Å².